The second kappa shape index (κ2) is 6.29. The summed E-state index contributed by atoms with van der Waals surface area (Å²) in [5.74, 6) is -1.87. The first-order valence-corrected chi connectivity index (χ1v) is 8.71. The van der Waals surface area contributed by atoms with E-state index in [-0.39, 0.29) is 25.6 Å². The number of piperidine rings is 1. The van der Waals surface area contributed by atoms with Crippen molar-refractivity contribution in [3.8, 4) is 0 Å². The van der Waals surface area contributed by atoms with Crippen molar-refractivity contribution in [1.82, 2.24) is 9.21 Å². The number of amides is 1. The lowest BCUT2D eigenvalue weighted by molar-refractivity contribution is -0.160. The first-order valence-electron chi connectivity index (χ1n) is 6.87. The minimum Gasteiger partial charge on any atom is -0.480 e. The first-order chi connectivity index (χ1) is 9.80. The number of ether oxygens (including phenoxy) is 1. The van der Waals surface area contributed by atoms with Gasteiger partial charge in [-0.2, -0.15) is 0 Å². The Balaban J connectivity index is 2.09. The van der Waals surface area contributed by atoms with Gasteiger partial charge in [0.25, 0.3) is 0 Å². The topological polar surface area (TPSA) is 104 Å². The molecule has 0 bridgehead atoms. The second-order valence-corrected chi connectivity index (χ2v) is 7.40. The summed E-state index contributed by atoms with van der Waals surface area (Å²) < 4.78 is 29.6. The van der Waals surface area contributed by atoms with Gasteiger partial charge >= 0.3 is 5.97 Å². The molecule has 21 heavy (non-hydrogen) atoms. The summed E-state index contributed by atoms with van der Waals surface area (Å²) in [5.41, 5.74) is 0. The molecule has 2 heterocycles. The van der Waals surface area contributed by atoms with Gasteiger partial charge in [0, 0.05) is 19.6 Å². The molecule has 2 saturated heterocycles. The van der Waals surface area contributed by atoms with E-state index in [9.17, 15) is 18.0 Å². The van der Waals surface area contributed by atoms with Crippen LogP contribution in [0.5, 0.6) is 0 Å². The number of nitrogens with zero attached hydrogens (tertiary/aromatic N) is 2. The molecule has 1 N–H and O–H groups in total. The van der Waals surface area contributed by atoms with Crippen molar-refractivity contribution in [2.45, 2.75) is 18.9 Å². The third-order valence-corrected chi connectivity index (χ3v) is 5.17. The fraction of sp³-hybridized carbons (Fsp3) is 0.833. The van der Waals surface area contributed by atoms with E-state index in [1.54, 1.807) is 0 Å². The molecule has 120 valence electrons. The monoisotopic (exact) mass is 320 g/mol. The zero-order valence-electron chi connectivity index (χ0n) is 11.9. The number of aliphatic carboxylic acids is 1. The third kappa shape index (κ3) is 3.72. The van der Waals surface area contributed by atoms with Crippen LogP contribution in [-0.4, -0.2) is 79.8 Å². The van der Waals surface area contributed by atoms with E-state index in [1.165, 1.54) is 9.21 Å². The average molecular weight is 320 g/mol. The van der Waals surface area contributed by atoms with Gasteiger partial charge < -0.3 is 14.7 Å². The van der Waals surface area contributed by atoms with Gasteiger partial charge in [-0.25, -0.2) is 17.5 Å². The summed E-state index contributed by atoms with van der Waals surface area (Å²) in [6.07, 6.45) is 2.30. The number of hydrogen-bond acceptors (Lipinski definition) is 5. The maximum atomic E-state index is 12.5. The predicted octanol–water partition coefficient (Wildman–Crippen LogP) is -1.03. The normalized spacial score (nSPS) is 28.3. The summed E-state index contributed by atoms with van der Waals surface area (Å²) in [6.45, 7) is 1.04. The highest BCUT2D eigenvalue weighted by Gasteiger charge is 2.38. The Morgan fingerprint density at radius 3 is 2.62 bits per heavy atom. The van der Waals surface area contributed by atoms with Crippen LogP contribution in [0.25, 0.3) is 0 Å². The number of sulfonamides is 1. The summed E-state index contributed by atoms with van der Waals surface area (Å²) in [4.78, 5) is 25.0. The smallest absolute Gasteiger partial charge is 0.328 e. The molecule has 0 unspecified atom stereocenters. The molecule has 0 saturated carbocycles. The molecule has 2 aliphatic heterocycles. The molecule has 0 aromatic heterocycles. The van der Waals surface area contributed by atoms with Crippen molar-refractivity contribution in [3.05, 3.63) is 0 Å². The van der Waals surface area contributed by atoms with Crippen LogP contribution >= 0.6 is 0 Å². The molecule has 2 rings (SSSR count). The van der Waals surface area contributed by atoms with Crippen LogP contribution in [-0.2, 0) is 24.3 Å². The van der Waals surface area contributed by atoms with Crippen LogP contribution in [0.1, 0.15) is 12.8 Å². The molecule has 0 aromatic carbocycles. The zero-order valence-corrected chi connectivity index (χ0v) is 12.7. The first kappa shape index (κ1) is 16.2. The second-order valence-electron chi connectivity index (χ2n) is 5.42. The van der Waals surface area contributed by atoms with Crippen molar-refractivity contribution in [3.63, 3.8) is 0 Å². The molecule has 0 aromatic rings. The molecular weight excluding hydrogens is 300 g/mol. The minimum atomic E-state index is -3.33. The van der Waals surface area contributed by atoms with Crippen molar-refractivity contribution in [2.75, 3.05) is 39.1 Å². The van der Waals surface area contributed by atoms with Crippen LogP contribution in [0.2, 0.25) is 0 Å². The lowest BCUT2D eigenvalue weighted by Crippen LogP contribution is -2.56. The van der Waals surface area contributed by atoms with Gasteiger partial charge in [-0.3, -0.25) is 4.79 Å². The van der Waals surface area contributed by atoms with Gasteiger partial charge in [-0.05, 0) is 12.8 Å². The highest BCUT2D eigenvalue weighted by molar-refractivity contribution is 7.88. The Morgan fingerprint density at radius 2 is 2.00 bits per heavy atom. The highest BCUT2D eigenvalue weighted by atomic mass is 32.2. The molecule has 8 nitrogen and oxygen atoms in total. The largest absolute Gasteiger partial charge is 0.480 e. The van der Waals surface area contributed by atoms with Crippen molar-refractivity contribution in [2.24, 2.45) is 5.92 Å². The minimum absolute atomic E-state index is 0.0242. The quantitative estimate of drug-likeness (QED) is 0.713. The maximum Gasteiger partial charge on any atom is 0.328 e. The Bertz CT molecular complexity index is 520. The van der Waals surface area contributed by atoms with Crippen molar-refractivity contribution in [1.29, 1.82) is 0 Å². The van der Waals surface area contributed by atoms with Gasteiger partial charge in [0.2, 0.25) is 15.9 Å². The standard InChI is InChI=1S/C12H20N2O6S/c1-21(18,19)13-4-2-3-9(7-13)11(15)14-5-6-20-8-10(14)12(16)17/h9-10H,2-8H2,1H3,(H,16,17)/t9-,10+/m0/s1. The predicted molar refractivity (Wildman–Crippen MR) is 73.1 cm³/mol. The molecule has 0 aliphatic carbocycles. The van der Waals surface area contributed by atoms with Crippen LogP contribution in [0, 0.1) is 5.92 Å². The molecule has 2 aliphatic rings. The highest BCUT2D eigenvalue weighted by Crippen LogP contribution is 2.22. The zero-order chi connectivity index (χ0) is 15.6. The third-order valence-electron chi connectivity index (χ3n) is 3.90. The summed E-state index contributed by atoms with van der Waals surface area (Å²) >= 11 is 0. The maximum absolute atomic E-state index is 12.5. The number of carbonyl (C=O) groups excluding carboxylic acids is 1. The van der Waals surface area contributed by atoms with Crippen LogP contribution in [0.3, 0.4) is 0 Å². The SMILES string of the molecule is CS(=O)(=O)N1CCC[C@H](C(=O)N2CCOC[C@@H]2C(=O)O)C1. The lowest BCUT2D eigenvalue weighted by atomic mass is 9.97. The van der Waals surface area contributed by atoms with Crippen LogP contribution in [0.4, 0.5) is 0 Å². The fourth-order valence-electron chi connectivity index (χ4n) is 2.75. The number of carboxylic acids is 1. The Morgan fingerprint density at radius 1 is 1.29 bits per heavy atom. The van der Waals surface area contributed by atoms with Crippen molar-refractivity contribution >= 4 is 21.9 Å². The van der Waals surface area contributed by atoms with Gasteiger partial charge in [0.05, 0.1) is 25.4 Å². The Labute approximate surface area is 123 Å². The van der Waals surface area contributed by atoms with E-state index in [2.05, 4.69) is 0 Å². The van der Waals surface area contributed by atoms with Crippen molar-refractivity contribution < 1.29 is 27.9 Å². The van der Waals surface area contributed by atoms with E-state index in [1.807, 2.05) is 0 Å². The van der Waals surface area contributed by atoms with Gasteiger partial charge in [-0.15, -0.1) is 0 Å². The van der Waals surface area contributed by atoms with Gasteiger partial charge in [0.15, 0.2) is 6.04 Å². The molecule has 0 radical (unpaired) electrons. The molecular formula is C12H20N2O6S. The van der Waals surface area contributed by atoms with Crippen LogP contribution in [0.15, 0.2) is 0 Å². The van der Waals surface area contributed by atoms with E-state index in [4.69, 9.17) is 9.84 Å². The summed E-state index contributed by atoms with van der Waals surface area (Å²) in [7, 11) is -3.33. The Kier molecular flexibility index (Phi) is 4.84. The molecule has 0 spiro atoms. The van der Waals surface area contributed by atoms with E-state index < -0.39 is 28.0 Å². The van der Waals surface area contributed by atoms with Gasteiger partial charge in [0.1, 0.15) is 0 Å². The summed E-state index contributed by atoms with van der Waals surface area (Å²) in [5, 5.41) is 9.16. The number of carbonyl (C=O) groups is 2. The number of carboxylic acid groups (broad SMARTS) is 1. The average Bonchev–Trinajstić information content (AvgIpc) is 2.45. The molecule has 2 atom stereocenters. The summed E-state index contributed by atoms with van der Waals surface area (Å²) in [6, 6.07) is -0.986. The van der Waals surface area contributed by atoms with Crippen LogP contribution < -0.4 is 0 Å². The van der Waals surface area contributed by atoms with Gasteiger partial charge in [-0.1, -0.05) is 0 Å². The fourth-order valence-corrected chi connectivity index (χ4v) is 3.66. The molecule has 9 heteroatoms. The van der Waals surface area contributed by atoms with E-state index in [0.29, 0.717) is 26.0 Å². The molecule has 2 fully saturated rings. The van der Waals surface area contributed by atoms with E-state index in [0.717, 1.165) is 6.26 Å². The van der Waals surface area contributed by atoms with E-state index >= 15 is 0 Å². The number of hydrogen-bond donors (Lipinski definition) is 1. The Hall–Kier alpha value is -1.19. The molecule has 1 amide bonds. The lowest BCUT2D eigenvalue weighted by Gasteiger charge is -2.38. The number of morpholine rings is 1. The number of rotatable bonds is 3.